The fourth-order valence-corrected chi connectivity index (χ4v) is 2.77. The van der Waals surface area contributed by atoms with E-state index in [0.29, 0.717) is 17.1 Å². The molecule has 8 heteroatoms. The highest BCUT2D eigenvalue weighted by Gasteiger charge is 2.35. The van der Waals surface area contributed by atoms with E-state index in [4.69, 9.17) is 4.74 Å². The minimum absolute atomic E-state index is 0.113. The van der Waals surface area contributed by atoms with Crippen molar-refractivity contribution in [3.05, 3.63) is 16.1 Å². The van der Waals surface area contributed by atoms with Crippen molar-refractivity contribution in [2.45, 2.75) is 19.1 Å². The van der Waals surface area contributed by atoms with Gasteiger partial charge in [-0.25, -0.2) is 13.8 Å². The highest BCUT2D eigenvalue weighted by atomic mass is 32.1. The van der Waals surface area contributed by atoms with Crippen LogP contribution in [0, 0.1) is 0 Å². The number of piperazine rings is 1. The van der Waals surface area contributed by atoms with Gasteiger partial charge in [0.2, 0.25) is 0 Å². The average Bonchev–Trinajstić information content (AvgIpc) is 2.86. The van der Waals surface area contributed by atoms with Crippen molar-refractivity contribution >= 4 is 17.2 Å². The summed E-state index contributed by atoms with van der Waals surface area (Å²) >= 11 is 1.16. The normalized spacial score (nSPS) is 20.0. The Labute approximate surface area is 113 Å². The molecule has 1 aromatic rings. The molecule has 106 valence electrons. The second kappa shape index (κ2) is 6.36. The lowest BCUT2D eigenvalue weighted by molar-refractivity contribution is 0.0127. The smallest absolute Gasteiger partial charge is 0.266 e. The molecule has 2 rings (SSSR count). The van der Waals surface area contributed by atoms with Gasteiger partial charge in [-0.15, -0.1) is 11.3 Å². The number of carbonyl (C=O) groups is 1. The summed E-state index contributed by atoms with van der Waals surface area (Å²) in [5, 5.41) is 2.88. The van der Waals surface area contributed by atoms with Gasteiger partial charge in [-0.3, -0.25) is 4.79 Å². The molecule has 1 aliphatic rings. The molecule has 19 heavy (non-hydrogen) atoms. The zero-order valence-electron chi connectivity index (χ0n) is 10.4. The number of amides is 1. The minimum atomic E-state index is -2.56. The first kappa shape index (κ1) is 14.3. The van der Waals surface area contributed by atoms with Gasteiger partial charge in [0.25, 0.3) is 12.3 Å². The molecule has 1 N–H and O–H groups in total. The summed E-state index contributed by atoms with van der Waals surface area (Å²) in [7, 11) is 1.50. The number of rotatable bonds is 4. The lowest BCUT2D eigenvalue weighted by Crippen LogP contribution is -2.56. The summed E-state index contributed by atoms with van der Waals surface area (Å²) in [5.41, 5.74) is 2.03. The van der Waals surface area contributed by atoms with Gasteiger partial charge in [0, 0.05) is 26.7 Å². The van der Waals surface area contributed by atoms with Crippen LogP contribution in [0.1, 0.15) is 15.4 Å². The number of carbonyl (C=O) groups excluding carboxylic acids is 1. The van der Waals surface area contributed by atoms with Crippen molar-refractivity contribution < 1.29 is 18.3 Å². The molecule has 1 amide bonds. The molecule has 1 fully saturated rings. The number of hydrogen-bond donors (Lipinski definition) is 1. The van der Waals surface area contributed by atoms with Crippen molar-refractivity contribution in [1.29, 1.82) is 0 Å². The molecular weight excluding hydrogens is 276 g/mol. The van der Waals surface area contributed by atoms with Crippen LogP contribution in [0.3, 0.4) is 0 Å². The lowest BCUT2D eigenvalue weighted by atomic mass is 10.2. The van der Waals surface area contributed by atoms with Crippen LogP contribution in [0.15, 0.2) is 5.51 Å². The Morgan fingerprint density at radius 2 is 2.53 bits per heavy atom. The first-order chi connectivity index (χ1) is 9.15. The summed E-state index contributed by atoms with van der Waals surface area (Å²) in [6, 6.07) is -1.08. The van der Waals surface area contributed by atoms with Crippen LogP contribution in [-0.4, -0.2) is 55.0 Å². The summed E-state index contributed by atoms with van der Waals surface area (Å²) in [6.07, 6.45) is -2.56. The molecule has 1 atom stereocenters. The number of methoxy groups -OCH3 is 1. The van der Waals surface area contributed by atoms with Gasteiger partial charge in [-0.1, -0.05) is 0 Å². The van der Waals surface area contributed by atoms with Gasteiger partial charge in [-0.05, 0) is 0 Å². The maximum absolute atomic E-state index is 13.0. The van der Waals surface area contributed by atoms with Crippen LogP contribution in [0.5, 0.6) is 0 Å². The van der Waals surface area contributed by atoms with Crippen LogP contribution >= 0.6 is 11.3 Å². The van der Waals surface area contributed by atoms with Gasteiger partial charge in [0.1, 0.15) is 10.9 Å². The molecule has 0 aliphatic carbocycles. The highest BCUT2D eigenvalue weighted by Crippen LogP contribution is 2.21. The van der Waals surface area contributed by atoms with E-state index in [1.54, 1.807) is 0 Å². The number of thiazole rings is 1. The predicted octanol–water partition coefficient (Wildman–Crippen LogP) is 0.969. The van der Waals surface area contributed by atoms with Crippen LogP contribution in [0.25, 0.3) is 0 Å². The predicted molar refractivity (Wildman–Crippen MR) is 66.5 cm³/mol. The Bertz CT molecular complexity index is 441. The van der Waals surface area contributed by atoms with Crippen molar-refractivity contribution in [3.63, 3.8) is 0 Å². The molecule has 1 unspecified atom stereocenters. The molecular formula is C11H15F2N3O2S. The first-order valence-corrected chi connectivity index (χ1v) is 6.74. The van der Waals surface area contributed by atoms with Crippen molar-refractivity contribution in [2.75, 3.05) is 26.7 Å². The van der Waals surface area contributed by atoms with E-state index in [9.17, 15) is 13.6 Å². The molecule has 0 bridgehead atoms. The van der Waals surface area contributed by atoms with Gasteiger partial charge in [0.15, 0.2) is 0 Å². The van der Waals surface area contributed by atoms with Gasteiger partial charge < -0.3 is 15.0 Å². The molecule has 1 aliphatic heterocycles. The standard InChI is InChI=1S/C11H15F2N3O2S/c1-18-5-7-9(19-6-15-7)11(17)16-3-2-14-4-8(16)10(12)13/h6,8,10,14H,2-5H2,1H3. The number of nitrogens with zero attached hydrogens (tertiary/aromatic N) is 2. The fraction of sp³-hybridized carbons (Fsp3) is 0.636. The maximum Gasteiger partial charge on any atom is 0.266 e. The number of nitrogens with one attached hydrogen (secondary N) is 1. The third-order valence-electron chi connectivity index (χ3n) is 2.95. The van der Waals surface area contributed by atoms with Crippen molar-refractivity contribution in [3.8, 4) is 0 Å². The van der Waals surface area contributed by atoms with Crippen LogP contribution in [-0.2, 0) is 11.3 Å². The quantitative estimate of drug-likeness (QED) is 0.898. The van der Waals surface area contributed by atoms with Gasteiger partial charge >= 0.3 is 0 Å². The van der Waals surface area contributed by atoms with E-state index in [-0.39, 0.29) is 25.6 Å². The molecule has 0 spiro atoms. The van der Waals surface area contributed by atoms with Gasteiger partial charge in [0.05, 0.1) is 17.8 Å². The zero-order valence-corrected chi connectivity index (χ0v) is 11.3. The molecule has 0 aromatic carbocycles. The third kappa shape index (κ3) is 3.07. The van der Waals surface area contributed by atoms with Gasteiger partial charge in [-0.2, -0.15) is 0 Å². The molecule has 2 heterocycles. The summed E-state index contributed by atoms with van der Waals surface area (Å²) < 4.78 is 30.9. The SMILES string of the molecule is COCc1ncsc1C(=O)N1CCNCC1C(F)F. The summed E-state index contributed by atoms with van der Waals surface area (Å²) in [4.78, 5) is 18.0. The molecule has 0 radical (unpaired) electrons. The van der Waals surface area contributed by atoms with E-state index in [1.165, 1.54) is 17.5 Å². The maximum atomic E-state index is 13.0. The molecule has 5 nitrogen and oxygen atoms in total. The Hall–Kier alpha value is -1.12. The van der Waals surface area contributed by atoms with Crippen LogP contribution < -0.4 is 5.32 Å². The van der Waals surface area contributed by atoms with Crippen LogP contribution in [0.2, 0.25) is 0 Å². The second-order valence-electron chi connectivity index (χ2n) is 4.17. The second-order valence-corrected chi connectivity index (χ2v) is 5.02. The summed E-state index contributed by atoms with van der Waals surface area (Å²) in [6.45, 7) is 1.11. The third-order valence-corrected chi connectivity index (χ3v) is 3.81. The van der Waals surface area contributed by atoms with Crippen molar-refractivity contribution in [2.24, 2.45) is 0 Å². The number of hydrogen-bond acceptors (Lipinski definition) is 5. The number of aromatic nitrogens is 1. The van der Waals surface area contributed by atoms with E-state index in [2.05, 4.69) is 10.3 Å². The van der Waals surface area contributed by atoms with E-state index < -0.39 is 12.5 Å². The van der Waals surface area contributed by atoms with E-state index in [0.717, 1.165) is 11.3 Å². The fourth-order valence-electron chi connectivity index (χ4n) is 2.02. The van der Waals surface area contributed by atoms with E-state index in [1.807, 2.05) is 0 Å². The Morgan fingerprint density at radius 1 is 1.74 bits per heavy atom. The average molecular weight is 291 g/mol. The molecule has 1 aromatic heterocycles. The topological polar surface area (TPSA) is 54.5 Å². The lowest BCUT2D eigenvalue weighted by Gasteiger charge is -2.35. The minimum Gasteiger partial charge on any atom is -0.378 e. The van der Waals surface area contributed by atoms with Crippen molar-refractivity contribution in [1.82, 2.24) is 15.2 Å². The summed E-state index contributed by atoms with van der Waals surface area (Å²) in [5.74, 6) is -0.388. The highest BCUT2D eigenvalue weighted by molar-refractivity contribution is 7.11. The number of ether oxygens (including phenoxy) is 1. The largest absolute Gasteiger partial charge is 0.378 e. The van der Waals surface area contributed by atoms with E-state index >= 15 is 0 Å². The number of halogens is 2. The Morgan fingerprint density at radius 3 is 3.21 bits per heavy atom. The monoisotopic (exact) mass is 291 g/mol. The number of alkyl halides is 2. The molecule has 0 saturated carbocycles. The zero-order chi connectivity index (χ0) is 13.8. The molecule has 1 saturated heterocycles. The Kier molecular flexibility index (Phi) is 4.78. The van der Waals surface area contributed by atoms with Crippen LogP contribution in [0.4, 0.5) is 8.78 Å². The Balaban J connectivity index is 2.19. The first-order valence-electron chi connectivity index (χ1n) is 5.86.